The molecule has 1 saturated heterocycles. The van der Waals surface area contributed by atoms with Crippen molar-refractivity contribution in [2.24, 2.45) is 0 Å². The first kappa shape index (κ1) is 19.8. The van der Waals surface area contributed by atoms with Crippen molar-refractivity contribution in [3.63, 3.8) is 0 Å². The Bertz CT molecular complexity index is 919. The van der Waals surface area contributed by atoms with Gasteiger partial charge in [0, 0.05) is 11.6 Å². The second-order valence-electron chi connectivity index (χ2n) is 6.46. The molecule has 0 unspecified atom stereocenters. The SMILES string of the molecule is CC[C@]1(c2ccc(F)cc2)NC(=O)N(CC(=O)NCc2ccccc2Cl)C1=O. The summed E-state index contributed by atoms with van der Waals surface area (Å²) in [5.74, 6) is -1.48. The number of imide groups is 1. The van der Waals surface area contributed by atoms with Gasteiger partial charge in [-0.25, -0.2) is 9.18 Å². The molecule has 1 fully saturated rings. The molecule has 0 bridgehead atoms. The number of nitrogens with one attached hydrogen (secondary N) is 2. The lowest BCUT2D eigenvalue weighted by atomic mass is 9.87. The minimum absolute atomic E-state index is 0.180. The van der Waals surface area contributed by atoms with Crippen molar-refractivity contribution in [1.82, 2.24) is 15.5 Å². The van der Waals surface area contributed by atoms with E-state index in [0.717, 1.165) is 10.5 Å². The first-order valence-electron chi connectivity index (χ1n) is 8.77. The lowest BCUT2D eigenvalue weighted by Crippen LogP contribution is -2.44. The van der Waals surface area contributed by atoms with Crippen molar-refractivity contribution >= 4 is 29.4 Å². The minimum atomic E-state index is -1.31. The van der Waals surface area contributed by atoms with Crippen LogP contribution in [0.2, 0.25) is 5.02 Å². The van der Waals surface area contributed by atoms with Crippen LogP contribution in [0.25, 0.3) is 0 Å². The molecule has 0 radical (unpaired) electrons. The van der Waals surface area contributed by atoms with E-state index in [1.165, 1.54) is 24.3 Å². The lowest BCUT2D eigenvalue weighted by molar-refractivity contribution is -0.135. The Balaban J connectivity index is 1.71. The third kappa shape index (κ3) is 3.71. The van der Waals surface area contributed by atoms with E-state index in [4.69, 9.17) is 11.6 Å². The van der Waals surface area contributed by atoms with Gasteiger partial charge in [0.05, 0.1) is 0 Å². The van der Waals surface area contributed by atoms with Crippen molar-refractivity contribution in [3.8, 4) is 0 Å². The summed E-state index contributed by atoms with van der Waals surface area (Å²) < 4.78 is 13.2. The van der Waals surface area contributed by atoms with E-state index in [2.05, 4.69) is 10.6 Å². The average molecular weight is 404 g/mol. The number of carbonyl (C=O) groups is 3. The minimum Gasteiger partial charge on any atom is -0.350 e. The summed E-state index contributed by atoms with van der Waals surface area (Å²) in [7, 11) is 0. The largest absolute Gasteiger partial charge is 0.350 e. The second-order valence-corrected chi connectivity index (χ2v) is 6.86. The Kier molecular flexibility index (Phi) is 5.65. The number of carbonyl (C=O) groups excluding carboxylic acids is 3. The number of hydrogen-bond donors (Lipinski definition) is 2. The van der Waals surface area contributed by atoms with Gasteiger partial charge in [-0.05, 0) is 35.7 Å². The highest BCUT2D eigenvalue weighted by Gasteiger charge is 2.51. The zero-order chi connectivity index (χ0) is 20.3. The molecule has 0 spiro atoms. The lowest BCUT2D eigenvalue weighted by Gasteiger charge is -2.25. The summed E-state index contributed by atoms with van der Waals surface area (Å²) in [6.07, 6.45) is 0.265. The number of benzene rings is 2. The quantitative estimate of drug-likeness (QED) is 0.728. The maximum absolute atomic E-state index is 13.2. The van der Waals surface area contributed by atoms with Crippen LogP contribution in [0.3, 0.4) is 0 Å². The molecule has 4 amide bonds. The zero-order valence-corrected chi connectivity index (χ0v) is 15.9. The summed E-state index contributed by atoms with van der Waals surface area (Å²) in [5, 5.41) is 5.82. The molecule has 28 heavy (non-hydrogen) atoms. The summed E-state index contributed by atoms with van der Waals surface area (Å²) in [6.45, 7) is 1.50. The molecular formula is C20H19ClFN3O3. The van der Waals surface area contributed by atoms with E-state index in [-0.39, 0.29) is 13.0 Å². The van der Waals surface area contributed by atoms with Gasteiger partial charge in [-0.1, -0.05) is 48.9 Å². The number of rotatable bonds is 6. The number of amides is 4. The van der Waals surface area contributed by atoms with Gasteiger partial charge < -0.3 is 10.6 Å². The van der Waals surface area contributed by atoms with E-state index >= 15 is 0 Å². The van der Waals surface area contributed by atoms with Crippen molar-refractivity contribution in [1.29, 1.82) is 0 Å². The number of halogens is 2. The molecular weight excluding hydrogens is 385 g/mol. The molecule has 3 rings (SSSR count). The summed E-state index contributed by atoms with van der Waals surface area (Å²) in [4.78, 5) is 38.5. The van der Waals surface area contributed by atoms with E-state index < -0.39 is 35.7 Å². The molecule has 1 aliphatic rings. The fourth-order valence-corrected chi connectivity index (χ4v) is 3.38. The summed E-state index contributed by atoms with van der Waals surface area (Å²) in [5.41, 5.74) is -0.119. The Morgan fingerprint density at radius 3 is 2.50 bits per heavy atom. The first-order valence-corrected chi connectivity index (χ1v) is 9.15. The topological polar surface area (TPSA) is 78.5 Å². The molecule has 8 heteroatoms. The molecule has 2 aromatic rings. The Hall–Kier alpha value is -2.93. The van der Waals surface area contributed by atoms with Gasteiger partial charge in [-0.2, -0.15) is 0 Å². The van der Waals surface area contributed by atoms with Crippen molar-refractivity contribution in [2.75, 3.05) is 6.54 Å². The predicted molar refractivity (Wildman–Crippen MR) is 102 cm³/mol. The number of nitrogens with zero attached hydrogens (tertiary/aromatic N) is 1. The van der Waals surface area contributed by atoms with Crippen LogP contribution in [-0.2, 0) is 21.7 Å². The Morgan fingerprint density at radius 1 is 1.18 bits per heavy atom. The zero-order valence-electron chi connectivity index (χ0n) is 15.2. The highest BCUT2D eigenvalue weighted by atomic mass is 35.5. The maximum atomic E-state index is 13.2. The molecule has 0 aliphatic carbocycles. The van der Waals surface area contributed by atoms with Crippen LogP contribution in [0.5, 0.6) is 0 Å². The molecule has 2 N–H and O–H groups in total. The van der Waals surface area contributed by atoms with E-state index in [0.29, 0.717) is 10.6 Å². The van der Waals surface area contributed by atoms with Crippen LogP contribution in [-0.4, -0.2) is 29.3 Å². The van der Waals surface area contributed by atoms with Gasteiger partial charge >= 0.3 is 6.03 Å². The fraction of sp³-hybridized carbons (Fsp3) is 0.250. The fourth-order valence-electron chi connectivity index (χ4n) is 3.18. The van der Waals surface area contributed by atoms with Gasteiger partial charge in [-0.15, -0.1) is 0 Å². The molecule has 0 aromatic heterocycles. The normalized spacial score (nSPS) is 18.9. The molecule has 1 atom stereocenters. The van der Waals surface area contributed by atoms with E-state index in [9.17, 15) is 18.8 Å². The molecule has 2 aromatic carbocycles. The van der Waals surface area contributed by atoms with E-state index in [1.54, 1.807) is 31.2 Å². The van der Waals surface area contributed by atoms with Gasteiger partial charge in [0.2, 0.25) is 5.91 Å². The van der Waals surface area contributed by atoms with Crippen molar-refractivity contribution in [2.45, 2.75) is 25.4 Å². The standard InChI is InChI=1S/C20H19ClFN3O3/c1-2-20(14-7-9-15(22)10-8-14)18(27)25(19(28)24-20)12-17(26)23-11-13-5-3-4-6-16(13)21/h3-10H,2,11-12H2,1H3,(H,23,26)(H,24,28)/t20-/m1/s1. The Labute approximate surface area is 166 Å². The Morgan fingerprint density at radius 2 is 1.86 bits per heavy atom. The van der Waals surface area contributed by atoms with Crippen LogP contribution in [0, 0.1) is 5.82 Å². The molecule has 0 saturated carbocycles. The van der Waals surface area contributed by atoms with Gasteiger partial charge in [0.1, 0.15) is 17.9 Å². The third-order valence-corrected chi connectivity index (χ3v) is 5.15. The monoisotopic (exact) mass is 403 g/mol. The van der Waals surface area contributed by atoms with Gasteiger partial charge in [-0.3, -0.25) is 14.5 Å². The first-order chi connectivity index (χ1) is 13.4. The van der Waals surface area contributed by atoms with Crippen LogP contribution < -0.4 is 10.6 Å². The molecule has 1 heterocycles. The summed E-state index contributed by atoms with van der Waals surface area (Å²) >= 11 is 6.05. The van der Waals surface area contributed by atoms with Gasteiger partial charge in [0.15, 0.2) is 0 Å². The average Bonchev–Trinajstić information content (AvgIpc) is 2.93. The van der Waals surface area contributed by atoms with Crippen molar-refractivity contribution < 1.29 is 18.8 Å². The van der Waals surface area contributed by atoms with Crippen LogP contribution in [0.1, 0.15) is 24.5 Å². The molecule has 6 nitrogen and oxygen atoms in total. The highest BCUT2D eigenvalue weighted by Crippen LogP contribution is 2.32. The number of hydrogen-bond acceptors (Lipinski definition) is 3. The maximum Gasteiger partial charge on any atom is 0.325 e. The third-order valence-electron chi connectivity index (χ3n) is 4.78. The van der Waals surface area contributed by atoms with Crippen LogP contribution in [0.4, 0.5) is 9.18 Å². The number of urea groups is 1. The van der Waals surface area contributed by atoms with Gasteiger partial charge in [0.25, 0.3) is 5.91 Å². The molecule has 146 valence electrons. The smallest absolute Gasteiger partial charge is 0.325 e. The predicted octanol–water partition coefficient (Wildman–Crippen LogP) is 2.95. The second kappa shape index (κ2) is 7.98. The molecule has 1 aliphatic heterocycles. The van der Waals surface area contributed by atoms with Crippen LogP contribution >= 0.6 is 11.6 Å². The van der Waals surface area contributed by atoms with Crippen LogP contribution in [0.15, 0.2) is 48.5 Å². The van der Waals surface area contributed by atoms with E-state index in [1.807, 2.05) is 0 Å². The highest BCUT2D eigenvalue weighted by molar-refractivity contribution is 6.31. The van der Waals surface area contributed by atoms with Crippen molar-refractivity contribution in [3.05, 3.63) is 70.5 Å². The summed E-state index contributed by atoms with van der Waals surface area (Å²) in [6, 6.07) is 11.8.